The van der Waals surface area contributed by atoms with Gasteiger partial charge in [-0.3, -0.25) is 4.79 Å². The fraction of sp³-hybridized carbons (Fsp3) is 0.238. The van der Waals surface area contributed by atoms with Gasteiger partial charge in [-0.15, -0.1) is 0 Å². The quantitative estimate of drug-likeness (QED) is 0.563. The molecular formula is C21H18Cl2N2O5. The molecule has 4 rings (SSSR count). The van der Waals surface area contributed by atoms with Crippen molar-refractivity contribution in [2.45, 2.75) is 6.92 Å². The summed E-state index contributed by atoms with van der Waals surface area (Å²) in [6, 6.07) is 10.1. The summed E-state index contributed by atoms with van der Waals surface area (Å²) in [4.78, 5) is 27.5. The van der Waals surface area contributed by atoms with E-state index in [1.165, 1.54) is 0 Å². The summed E-state index contributed by atoms with van der Waals surface area (Å²) in [6.07, 6.45) is -1.42. The Hall–Kier alpha value is -2.90. The molecule has 0 saturated carbocycles. The number of nitrogens with zero attached hydrogens (tertiary/aromatic N) is 2. The van der Waals surface area contributed by atoms with E-state index in [-0.39, 0.29) is 11.9 Å². The molecule has 0 radical (unpaired) electrons. The molecule has 0 atom stereocenters. The van der Waals surface area contributed by atoms with Gasteiger partial charge in [0.2, 0.25) is 0 Å². The molecular weight excluding hydrogens is 431 g/mol. The number of hydrogen-bond acceptors (Lipinski definition) is 5. The lowest BCUT2D eigenvalue weighted by molar-refractivity contribution is 0.0746. The van der Waals surface area contributed by atoms with Gasteiger partial charge >= 0.3 is 6.16 Å². The summed E-state index contributed by atoms with van der Waals surface area (Å²) in [5.74, 6) is -0.162. The van der Waals surface area contributed by atoms with Crippen molar-refractivity contribution < 1.29 is 23.8 Å². The third kappa shape index (κ3) is 4.04. The van der Waals surface area contributed by atoms with Crippen molar-refractivity contribution in [1.82, 2.24) is 4.90 Å². The highest BCUT2D eigenvalue weighted by molar-refractivity contribution is 6.35. The van der Waals surface area contributed by atoms with Crippen LogP contribution in [-0.4, -0.2) is 48.2 Å². The lowest BCUT2D eigenvalue weighted by atomic mass is 10.1. The average Bonchev–Trinajstić information content (AvgIpc) is 3.10. The first-order chi connectivity index (χ1) is 14.3. The molecule has 156 valence electrons. The van der Waals surface area contributed by atoms with E-state index in [0.29, 0.717) is 47.4 Å². The fourth-order valence-corrected chi connectivity index (χ4v) is 4.23. The zero-order chi connectivity index (χ0) is 21.4. The van der Waals surface area contributed by atoms with E-state index in [4.69, 9.17) is 32.7 Å². The zero-order valence-electron chi connectivity index (χ0n) is 16.0. The van der Waals surface area contributed by atoms with E-state index >= 15 is 0 Å². The Balaban J connectivity index is 1.49. The normalized spacial score (nSPS) is 14.2. The minimum Gasteiger partial charge on any atom is -0.449 e. The Kier molecular flexibility index (Phi) is 5.49. The van der Waals surface area contributed by atoms with Crippen molar-refractivity contribution in [3.8, 4) is 5.95 Å². The molecule has 30 heavy (non-hydrogen) atoms. The van der Waals surface area contributed by atoms with Crippen LogP contribution in [0, 0.1) is 6.92 Å². The van der Waals surface area contributed by atoms with E-state index in [1.54, 1.807) is 35.2 Å². The van der Waals surface area contributed by atoms with Crippen molar-refractivity contribution >= 4 is 51.9 Å². The standard InChI is InChI=1S/C21H18Cl2N2O5/c1-12-16-11-19(30-21(27)28)29-18(16)3-2-17(12)24-4-6-25(7-5-24)20(26)13-8-14(22)10-15(23)9-13/h2-3,8-11H,4-7H2,1H3,(H,27,28). The number of rotatable bonds is 3. The first kappa shape index (κ1) is 20.4. The van der Waals surface area contributed by atoms with Crippen LogP contribution in [0.2, 0.25) is 10.0 Å². The summed E-state index contributed by atoms with van der Waals surface area (Å²) in [7, 11) is 0. The highest BCUT2D eigenvalue weighted by Crippen LogP contribution is 2.34. The van der Waals surface area contributed by atoms with Crippen molar-refractivity contribution in [3.05, 3.63) is 57.6 Å². The number of ether oxygens (including phenoxy) is 1. The van der Waals surface area contributed by atoms with E-state index in [2.05, 4.69) is 9.64 Å². The molecule has 9 heteroatoms. The number of carbonyl (C=O) groups is 2. The molecule has 1 aromatic heterocycles. The molecule has 1 amide bonds. The Morgan fingerprint density at radius 1 is 1.03 bits per heavy atom. The van der Waals surface area contributed by atoms with Crippen LogP contribution in [-0.2, 0) is 0 Å². The molecule has 1 aliphatic rings. The maximum Gasteiger partial charge on any atom is 0.513 e. The molecule has 2 aromatic carbocycles. The fourth-order valence-electron chi connectivity index (χ4n) is 3.71. The second kappa shape index (κ2) is 8.08. The van der Waals surface area contributed by atoms with Crippen molar-refractivity contribution in [2.24, 2.45) is 0 Å². The summed E-state index contributed by atoms with van der Waals surface area (Å²) >= 11 is 12.0. The van der Waals surface area contributed by atoms with Gasteiger partial charge in [0.1, 0.15) is 5.58 Å². The van der Waals surface area contributed by atoms with Crippen LogP contribution in [0.4, 0.5) is 10.5 Å². The third-order valence-corrected chi connectivity index (χ3v) is 5.56. The van der Waals surface area contributed by atoms with Crippen molar-refractivity contribution in [3.63, 3.8) is 0 Å². The molecule has 1 N–H and O–H groups in total. The number of carbonyl (C=O) groups excluding carboxylic acids is 1. The topological polar surface area (TPSA) is 83.2 Å². The van der Waals surface area contributed by atoms with Gasteiger partial charge in [-0.05, 0) is 42.8 Å². The molecule has 0 spiro atoms. The number of aryl methyl sites for hydroxylation is 1. The van der Waals surface area contributed by atoms with Gasteiger partial charge in [-0.1, -0.05) is 23.2 Å². The summed E-state index contributed by atoms with van der Waals surface area (Å²) in [5.41, 5.74) is 2.99. The summed E-state index contributed by atoms with van der Waals surface area (Å²) in [5, 5.41) is 10.4. The van der Waals surface area contributed by atoms with Crippen LogP contribution in [0.15, 0.2) is 40.8 Å². The number of carboxylic acid groups (broad SMARTS) is 1. The monoisotopic (exact) mass is 448 g/mol. The van der Waals surface area contributed by atoms with Crippen LogP contribution >= 0.6 is 23.2 Å². The van der Waals surface area contributed by atoms with E-state index < -0.39 is 6.16 Å². The first-order valence-corrected chi connectivity index (χ1v) is 10.0. The second-order valence-electron chi connectivity index (χ2n) is 6.99. The third-order valence-electron chi connectivity index (χ3n) is 5.12. The lowest BCUT2D eigenvalue weighted by Crippen LogP contribution is -2.49. The second-order valence-corrected chi connectivity index (χ2v) is 7.87. The number of halogens is 2. The molecule has 1 aliphatic heterocycles. The molecule has 1 saturated heterocycles. The van der Waals surface area contributed by atoms with Gasteiger partial charge < -0.3 is 24.1 Å². The maximum atomic E-state index is 12.8. The largest absolute Gasteiger partial charge is 0.513 e. The molecule has 7 nitrogen and oxygen atoms in total. The van der Waals surface area contributed by atoms with Gasteiger partial charge in [0.15, 0.2) is 0 Å². The number of furan rings is 1. The molecule has 2 heterocycles. The number of benzene rings is 2. The average molecular weight is 449 g/mol. The molecule has 0 aliphatic carbocycles. The van der Waals surface area contributed by atoms with Crippen molar-refractivity contribution in [2.75, 3.05) is 31.1 Å². The van der Waals surface area contributed by atoms with Gasteiger partial charge in [0.05, 0.1) is 0 Å². The highest BCUT2D eigenvalue weighted by Gasteiger charge is 2.24. The number of amides is 1. The highest BCUT2D eigenvalue weighted by atomic mass is 35.5. The summed E-state index contributed by atoms with van der Waals surface area (Å²) < 4.78 is 10.0. The van der Waals surface area contributed by atoms with Crippen LogP contribution < -0.4 is 9.64 Å². The Labute approximate surface area is 182 Å². The van der Waals surface area contributed by atoms with Gasteiger partial charge in [0.25, 0.3) is 11.9 Å². The van der Waals surface area contributed by atoms with Gasteiger partial charge in [-0.25, -0.2) is 4.79 Å². The van der Waals surface area contributed by atoms with Gasteiger partial charge in [-0.2, -0.15) is 0 Å². The van der Waals surface area contributed by atoms with Gasteiger partial charge in [0, 0.05) is 58.9 Å². The van der Waals surface area contributed by atoms with E-state index in [9.17, 15) is 9.59 Å². The van der Waals surface area contributed by atoms with Crippen molar-refractivity contribution in [1.29, 1.82) is 0 Å². The zero-order valence-corrected chi connectivity index (χ0v) is 17.5. The van der Waals surface area contributed by atoms with E-state index in [0.717, 1.165) is 16.6 Å². The first-order valence-electron chi connectivity index (χ1n) is 9.26. The maximum absolute atomic E-state index is 12.8. The van der Waals surface area contributed by atoms with Crippen LogP contribution in [0.25, 0.3) is 11.0 Å². The van der Waals surface area contributed by atoms with Crippen LogP contribution in [0.1, 0.15) is 15.9 Å². The molecule has 3 aromatic rings. The minimum atomic E-state index is -1.42. The SMILES string of the molecule is Cc1c(N2CCN(C(=O)c3cc(Cl)cc(Cl)c3)CC2)ccc2oc(OC(=O)O)cc12. The number of piperazine rings is 1. The Morgan fingerprint density at radius 3 is 2.33 bits per heavy atom. The van der Waals surface area contributed by atoms with Crippen LogP contribution in [0.5, 0.6) is 5.95 Å². The predicted molar refractivity (Wildman–Crippen MR) is 114 cm³/mol. The minimum absolute atomic E-state index is 0.0617. The Morgan fingerprint density at radius 2 is 1.70 bits per heavy atom. The predicted octanol–water partition coefficient (Wildman–Crippen LogP) is 5.07. The number of hydrogen-bond donors (Lipinski definition) is 1. The Bertz CT molecular complexity index is 1120. The van der Waals surface area contributed by atoms with E-state index in [1.807, 2.05) is 13.0 Å². The lowest BCUT2D eigenvalue weighted by Gasteiger charge is -2.37. The smallest absolute Gasteiger partial charge is 0.449 e. The number of fused-ring (bicyclic) bond motifs is 1. The molecule has 1 fully saturated rings. The molecule has 0 bridgehead atoms. The van der Waals surface area contributed by atoms with Crippen LogP contribution in [0.3, 0.4) is 0 Å². The summed E-state index contributed by atoms with van der Waals surface area (Å²) in [6.45, 7) is 4.37. The molecule has 0 unspecified atom stereocenters. The number of anilines is 1.